The van der Waals surface area contributed by atoms with Gasteiger partial charge in [-0.15, -0.1) is 0 Å². The van der Waals surface area contributed by atoms with E-state index in [1.54, 1.807) is 26.0 Å². The van der Waals surface area contributed by atoms with Crippen LogP contribution in [-0.2, 0) is 10.3 Å². The second-order valence-electron chi connectivity index (χ2n) is 5.39. The van der Waals surface area contributed by atoms with Gasteiger partial charge in [-0.2, -0.15) is 0 Å². The molecule has 0 spiro atoms. The predicted octanol–water partition coefficient (Wildman–Crippen LogP) is 2.92. The molecule has 19 heavy (non-hydrogen) atoms. The molecule has 0 radical (unpaired) electrons. The van der Waals surface area contributed by atoms with Crippen LogP contribution in [0.2, 0.25) is 0 Å². The largest absolute Gasteiger partial charge is 0.480 e. The van der Waals surface area contributed by atoms with Crippen LogP contribution in [0, 0.1) is 12.7 Å². The number of likely N-dealkylation sites (tertiary alicyclic amines) is 1. The molecule has 0 aromatic heterocycles. The minimum Gasteiger partial charge on any atom is -0.480 e. The van der Waals surface area contributed by atoms with Gasteiger partial charge in [0.25, 0.3) is 0 Å². The quantitative estimate of drug-likeness (QED) is 0.913. The fraction of sp³-hybridized carbons (Fsp3) is 0.533. The molecule has 1 unspecified atom stereocenters. The van der Waals surface area contributed by atoms with Crippen molar-refractivity contribution in [3.63, 3.8) is 0 Å². The Morgan fingerprint density at radius 1 is 1.32 bits per heavy atom. The van der Waals surface area contributed by atoms with E-state index in [4.69, 9.17) is 0 Å². The molecule has 2 rings (SSSR count). The Bertz CT molecular complexity index is 483. The first kappa shape index (κ1) is 14.0. The van der Waals surface area contributed by atoms with E-state index >= 15 is 0 Å². The lowest BCUT2D eigenvalue weighted by molar-refractivity contribution is -0.152. The first-order valence-corrected chi connectivity index (χ1v) is 6.71. The zero-order chi connectivity index (χ0) is 14.0. The molecular weight excluding hydrogens is 245 g/mol. The molecule has 1 aromatic rings. The van der Waals surface area contributed by atoms with E-state index in [1.165, 1.54) is 6.07 Å². The Labute approximate surface area is 113 Å². The van der Waals surface area contributed by atoms with Crippen molar-refractivity contribution in [3.05, 3.63) is 35.1 Å². The molecule has 1 aliphatic rings. The number of benzene rings is 1. The number of carbonyl (C=O) groups is 1. The third-order valence-electron chi connectivity index (χ3n) is 4.14. The number of halogens is 1. The van der Waals surface area contributed by atoms with Gasteiger partial charge in [-0.05, 0) is 57.0 Å². The van der Waals surface area contributed by atoms with E-state index in [1.807, 2.05) is 4.90 Å². The summed E-state index contributed by atoms with van der Waals surface area (Å²) in [6.07, 6.45) is 3.13. The van der Waals surface area contributed by atoms with E-state index in [0.717, 1.165) is 32.4 Å². The van der Waals surface area contributed by atoms with Crippen molar-refractivity contribution in [1.29, 1.82) is 0 Å². The Kier molecular flexibility index (Phi) is 3.90. The van der Waals surface area contributed by atoms with Gasteiger partial charge in [0, 0.05) is 0 Å². The Morgan fingerprint density at radius 2 is 1.95 bits per heavy atom. The van der Waals surface area contributed by atoms with Crippen molar-refractivity contribution in [3.8, 4) is 0 Å². The molecule has 1 N–H and O–H groups in total. The summed E-state index contributed by atoms with van der Waals surface area (Å²) in [5.74, 6) is -1.26. The van der Waals surface area contributed by atoms with E-state index in [2.05, 4.69) is 0 Å². The lowest BCUT2D eigenvalue weighted by Gasteiger charge is -2.40. The van der Waals surface area contributed by atoms with Crippen molar-refractivity contribution in [1.82, 2.24) is 4.90 Å². The number of aryl methyl sites for hydroxylation is 1. The maximum atomic E-state index is 13.7. The van der Waals surface area contributed by atoms with Gasteiger partial charge in [0.15, 0.2) is 0 Å². The molecule has 3 nitrogen and oxygen atoms in total. The number of piperidine rings is 1. The first-order chi connectivity index (χ1) is 8.96. The van der Waals surface area contributed by atoms with Gasteiger partial charge in [0.1, 0.15) is 11.4 Å². The van der Waals surface area contributed by atoms with Crippen molar-refractivity contribution in [2.45, 2.75) is 38.6 Å². The number of aliphatic carboxylic acids is 1. The van der Waals surface area contributed by atoms with Crippen LogP contribution in [0.15, 0.2) is 18.2 Å². The number of nitrogens with zero attached hydrogens (tertiary/aromatic N) is 1. The lowest BCUT2D eigenvalue weighted by atomic mass is 9.87. The topological polar surface area (TPSA) is 40.5 Å². The van der Waals surface area contributed by atoms with Crippen LogP contribution in [0.1, 0.15) is 37.3 Å². The van der Waals surface area contributed by atoms with Crippen molar-refractivity contribution < 1.29 is 14.3 Å². The summed E-state index contributed by atoms with van der Waals surface area (Å²) in [6, 6.07) is 4.73. The highest BCUT2D eigenvalue weighted by Crippen LogP contribution is 2.32. The molecule has 1 aliphatic heterocycles. The fourth-order valence-corrected chi connectivity index (χ4v) is 2.68. The summed E-state index contributed by atoms with van der Waals surface area (Å²) in [6.45, 7) is 4.85. The summed E-state index contributed by atoms with van der Waals surface area (Å²) in [5, 5.41) is 9.63. The first-order valence-electron chi connectivity index (χ1n) is 6.71. The maximum Gasteiger partial charge on any atom is 0.328 e. The minimum atomic E-state index is -1.14. The summed E-state index contributed by atoms with van der Waals surface area (Å²) in [5.41, 5.74) is -0.0882. The Morgan fingerprint density at radius 3 is 2.47 bits per heavy atom. The van der Waals surface area contributed by atoms with E-state index in [9.17, 15) is 14.3 Å². The number of hydrogen-bond acceptors (Lipinski definition) is 2. The Balaban J connectivity index is 2.42. The average Bonchev–Trinajstić information content (AvgIpc) is 2.41. The third-order valence-corrected chi connectivity index (χ3v) is 4.14. The molecule has 1 aromatic carbocycles. The van der Waals surface area contributed by atoms with Gasteiger partial charge in [-0.1, -0.05) is 18.6 Å². The van der Waals surface area contributed by atoms with Crippen molar-refractivity contribution >= 4 is 5.97 Å². The van der Waals surface area contributed by atoms with Crippen molar-refractivity contribution in [2.24, 2.45) is 0 Å². The fourth-order valence-electron chi connectivity index (χ4n) is 2.68. The highest BCUT2D eigenvalue weighted by atomic mass is 19.1. The molecule has 1 fully saturated rings. The van der Waals surface area contributed by atoms with E-state index < -0.39 is 11.5 Å². The van der Waals surface area contributed by atoms with Crippen LogP contribution in [-0.4, -0.2) is 29.1 Å². The Hall–Kier alpha value is -1.42. The molecule has 0 saturated carbocycles. The van der Waals surface area contributed by atoms with Crippen LogP contribution < -0.4 is 0 Å². The van der Waals surface area contributed by atoms with Crippen LogP contribution >= 0.6 is 0 Å². The molecule has 1 saturated heterocycles. The third kappa shape index (κ3) is 2.50. The summed E-state index contributed by atoms with van der Waals surface area (Å²) in [7, 11) is 0. The predicted molar refractivity (Wildman–Crippen MR) is 71.5 cm³/mol. The molecule has 1 atom stereocenters. The van der Waals surface area contributed by atoms with Gasteiger partial charge < -0.3 is 5.11 Å². The normalized spacial score (nSPS) is 19.9. The van der Waals surface area contributed by atoms with Gasteiger partial charge in [-0.25, -0.2) is 9.18 Å². The zero-order valence-electron chi connectivity index (χ0n) is 11.4. The standard InChI is InChI=1S/C15H20FNO2/c1-11-6-7-12(10-13(11)16)15(2,14(18)19)17-8-4-3-5-9-17/h6-7,10H,3-5,8-9H2,1-2H3,(H,18,19). The zero-order valence-corrected chi connectivity index (χ0v) is 11.4. The molecule has 1 heterocycles. The summed E-state index contributed by atoms with van der Waals surface area (Å²) >= 11 is 0. The smallest absolute Gasteiger partial charge is 0.328 e. The van der Waals surface area contributed by atoms with Crippen LogP contribution in [0.5, 0.6) is 0 Å². The molecule has 104 valence electrons. The van der Waals surface area contributed by atoms with Gasteiger partial charge in [0.2, 0.25) is 0 Å². The summed E-state index contributed by atoms with van der Waals surface area (Å²) in [4.78, 5) is 13.7. The average molecular weight is 265 g/mol. The minimum absolute atomic E-state index is 0.345. The molecule has 0 amide bonds. The van der Waals surface area contributed by atoms with E-state index in [-0.39, 0.29) is 5.82 Å². The highest BCUT2D eigenvalue weighted by Gasteiger charge is 2.41. The molecular formula is C15H20FNO2. The maximum absolute atomic E-state index is 13.7. The highest BCUT2D eigenvalue weighted by molar-refractivity contribution is 5.80. The van der Waals surface area contributed by atoms with Crippen molar-refractivity contribution in [2.75, 3.05) is 13.1 Å². The number of carboxylic acids is 1. The van der Waals surface area contributed by atoms with E-state index in [0.29, 0.717) is 11.1 Å². The van der Waals surface area contributed by atoms with Gasteiger partial charge in [-0.3, -0.25) is 4.90 Å². The van der Waals surface area contributed by atoms with Gasteiger partial charge >= 0.3 is 5.97 Å². The number of hydrogen-bond donors (Lipinski definition) is 1. The van der Waals surface area contributed by atoms with Crippen LogP contribution in [0.4, 0.5) is 4.39 Å². The monoisotopic (exact) mass is 265 g/mol. The van der Waals surface area contributed by atoms with Crippen LogP contribution in [0.3, 0.4) is 0 Å². The molecule has 4 heteroatoms. The second kappa shape index (κ2) is 5.29. The molecule has 0 bridgehead atoms. The lowest BCUT2D eigenvalue weighted by Crippen LogP contribution is -2.51. The number of rotatable bonds is 3. The second-order valence-corrected chi connectivity index (χ2v) is 5.39. The van der Waals surface area contributed by atoms with Gasteiger partial charge in [0.05, 0.1) is 0 Å². The van der Waals surface area contributed by atoms with Crippen LogP contribution in [0.25, 0.3) is 0 Å². The SMILES string of the molecule is Cc1ccc(C(C)(C(=O)O)N2CCCCC2)cc1F. The summed E-state index contributed by atoms with van der Waals surface area (Å²) < 4.78 is 13.7. The number of carboxylic acid groups (broad SMARTS) is 1. The molecule has 0 aliphatic carbocycles.